The second-order valence-electron chi connectivity index (χ2n) is 10.5. The first-order chi connectivity index (χ1) is 10.5. The second-order valence-corrected chi connectivity index (χ2v) is 29.5. The highest BCUT2D eigenvalue weighted by Gasteiger charge is 2.52. The Morgan fingerprint density at radius 1 is 0.840 bits per heavy atom. The molecule has 0 aliphatic carbocycles. The van der Waals surface area contributed by atoms with Crippen LogP contribution >= 0.6 is 7.43 Å². The lowest BCUT2D eigenvalue weighted by Gasteiger charge is -2.56. The topological polar surface area (TPSA) is 24.8 Å². The molecule has 152 valence electrons. The molecule has 0 saturated carbocycles. The van der Waals surface area contributed by atoms with E-state index in [2.05, 4.69) is 62.9 Å². The van der Waals surface area contributed by atoms with Gasteiger partial charge >= 0.3 is 6.18 Å². The molecule has 0 aliphatic heterocycles. The number of hydrogen-bond donors (Lipinski definition) is 0. The van der Waals surface area contributed by atoms with E-state index in [0.29, 0.717) is 0 Å². The summed E-state index contributed by atoms with van der Waals surface area (Å²) in [5.74, 6) is 0. The minimum Gasteiger partial charge on any atom is -0.324 e. The van der Waals surface area contributed by atoms with Gasteiger partial charge in [0.2, 0.25) is 0 Å². The van der Waals surface area contributed by atoms with Crippen molar-refractivity contribution in [3.63, 3.8) is 0 Å². The predicted octanol–water partition coefficient (Wildman–Crippen LogP) is 7.20. The fourth-order valence-corrected chi connectivity index (χ4v) is 27.1. The smallest absolute Gasteiger partial charge is 0.324 e. The monoisotopic (exact) mass is 434 g/mol. The summed E-state index contributed by atoms with van der Waals surface area (Å²) in [6.07, 6.45) is -4.35. The lowest BCUT2D eigenvalue weighted by molar-refractivity contribution is -0.153. The molecule has 1 atom stereocenters. The summed E-state index contributed by atoms with van der Waals surface area (Å²) >= 11 is 0. The van der Waals surface area contributed by atoms with Gasteiger partial charge < -0.3 is 8.93 Å². The van der Waals surface area contributed by atoms with Gasteiger partial charge in [-0.15, -0.1) is 0 Å². The van der Waals surface area contributed by atoms with Crippen molar-refractivity contribution >= 4 is 32.1 Å². The first-order valence-corrected chi connectivity index (χ1v) is 20.6. The second kappa shape index (κ2) is 7.54. The Hall–Kier alpha value is 0.591. The molecule has 0 saturated heterocycles. The molecular weight excluding hydrogens is 396 g/mol. The lowest BCUT2D eigenvalue weighted by Crippen LogP contribution is -2.59. The van der Waals surface area contributed by atoms with E-state index in [1.807, 2.05) is 20.8 Å². The zero-order chi connectivity index (χ0) is 20.7. The number of rotatable bonds is 6. The van der Waals surface area contributed by atoms with Gasteiger partial charge in [0.05, 0.1) is 0 Å². The average molecular weight is 435 g/mol. The highest BCUT2D eigenvalue weighted by Crippen LogP contribution is 2.68. The molecule has 0 aromatic rings. The Labute approximate surface area is 156 Å². The first-order valence-electron chi connectivity index (χ1n) is 8.69. The van der Waals surface area contributed by atoms with Crippen molar-refractivity contribution in [1.29, 1.82) is 0 Å². The number of hydrogen-bond acceptors (Lipinski definition) is 2. The van der Waals surface area contributed by atoms with Crippen LogP contribution in [0.5, 0.6) is 0 Å². The Balaban J connectivity index is 6.90. The van der Waals surface area contributed by atoms with Gasteiger partial charge in [-0.3, -0.25) is 4.00 Å². The van der Waals surface area contributed by atoms with E-state index < -0.39 is 50.1 Å². The summed E-state index contributed by atoms with van der Waals surface area (Å²) in [6.45, 7) is 24.2. The lowest BCUT2D eigenvalue weighted by atomic mass is 10.3. The van der Waals surface area contributed by atoms with Gasteiger partial charge in [0.25, 0.3) is 0 Å². The van der Waals surface area contributed by atoms with Crippen LogP contribution in [-0.2, 0) is 4.52 Å². The van der Waals surface area contributed by atoms with Crippen LogP contribution in [0, 0.1) is 0 Å². The molecular formula is C15H38F3N2OPSi3. The third kappa shape index (κ3) is 7.62. The van der Waals surface area contributed by atoms with Gasteiger partial charge in [0, 0.05) is 5.16 Å². The van der Waals surface area contributed by atoms with E-state index in [-0.39, 0.29) is 0 Å². The van der Waals surface area contributed by atoms with Crippen LogP contribution in [-0.4, -0.2) is 46.6 Å². The molecule has 1 unspecified atom stereocenters. The standard InChI is InChI=1S/C15H38F3N2OPSi3/c1-14(2,3)22(19-23(4,5)6,21-13-15(16,17)18)20(24(7,8)9)25(10,11)12/h13H2,1-12H3. The molecule has 0 rings (SSSR count). The molecule has 0 N–H and O–H groups in total. The third-order valence-corrected chi connectivity index (χ3v) is 21.3. The number of nitrogens with zero attached hydrogens (tertiary/aromatic N) is 2. The summed E-state index contributed by atoms with van der Waals surface area (Å²) in [6, 6.07) is 0. The largest absolute Gasteiger partial charge is 0.412 e. The van der Waals surface area contributed by atoms with Gasteiger partial charge in [-0.2, -0.15) is 13.2 Å². The van der Waals surface area contributed by atoms with E-state index in [1.54, 1.807) is 0 Å². The van der Waals surface area contributed by atoms with Crippen molar-refractivity contribution in [2.24, 2.45) is 4.41 Å². The fourth-order valence-electron chi connectivity index (χ4n) is 3.16. The molecule has 0 amide bonds. The minimum atomic E-state index is -4.35. The van der Waals surface area contributed by atoms with Crippen LogP contribution in [0.4, 0.5) is 13.2 Å². The zero-order valence-electron chi connectivity index (χ0n) is 18.1. The van der Waals surface area contributed by atoms with E-state index in [4.69, 9.17) is 8.93 Å². The highest BCUT2D eigenvalue weighted by molar-refractivity contribution is 7.66. The van der Waals surface area contributed by atoms with E-state index in [9.17, 15) is 13.2 Å². The van der Waals surface area contributed by atoms with Gasteiger partial charge in [-0.25, -0.2) is 0 Å². The summed E-state index contributed by atoms with van der Waals surface area (Å²) in [5, 5.41) is -0.473. The molecule has 3 nitrogen and oxygen atoms in total. The average Bonchev–Trinajstić information content (AvgIpc) is 2.16. The van der Waals surface area contributed by atoms with Crippen LogP contribution in [0.2, 0.25) is 58.9 Å². The predicted molar refractivity (Wildman–Crippen MR) is 113 cm³/mol. The van der Waals surface area contributed by atoms with Crippen molar-refractivity contribution in [2.45, 2.75) is 91.0 Å². The Bertz CT molecular complexity index is 499. The Kier molecular flexibility index (Phi) is 7.72. The molecule has 0 aliphatic rings. The van der Waals surface area contributed by atoms with Crippen molar-refractivity contribution in [3.8, 4) is 0 Å². The van der Waals surface area contributed by atoms with E-state index in [0.717, 1.165) is 0 Å². The molecule has 0 aromatic carbocycles. The third-order valence-electron chi connectivity index (χ3n) is 3.26. The first kappa shape index (κ1) is 25.6. The van der Waals surface area contributed by atoms with Crippen molar-refractivity contribution in [2.75, 3.05) is 6.61 Å². The van der Waals surface area contributed by atoms with Crippen molar-refractivity contribution in [1.82, 2.24) is 4.00 Å². The Morgan fingerprint density at radius 2 is 1.20 bits per heavy atom. The van der Waals surface area contributed by atoms with Crippen LogP contribution < -0.4 is 0 Å². The highest BCUT2D eigenvalue weighted by atomic mass is 31.2. The molecule has 0 fully saturated rings. The molecule has 0 aromatic heterocycles. The fraction of sp³-hybridized carbons (Fsp3) is 1.00. The molecule has 0 radical (unpaired) electrons. The maximum absolute atomic E-state index is 13.1. The van der Waals surface area contributed by atoms with E-state index in [1.165, 1.54) is 0 Å². The van der Waals surface area contributed by atoms with Crippen molar-refractivity contribution in [3.05, 3.63) is 0 Å². The minimum absolute atomic E-state index is 0.473. The maximum atomic E-state index is 13.1. The van der Waals surface area contributed by atoms with Gasteiger partial charge in [0.1, 0.15) is 30.5 Å². The quantitative estimate of drug-likeness (QED) is 0.326. The Morgan fingerprint density at radius 3 is 1.40 bits per heavy atom. The zero-order valence-corrected chi connectivity index (χ0v) is 22.0. The van der Waals surface area contributed by atoms with E-state index >= 15 is 0 Å². The van der Waals surface area contributed by atoms with Crippen LogP contribution in [0.15, 0.2) is 4.41 Å². The molecule has 0 bridgehead atoms. The molecule has 25 heavy (non-hydrogen) atoms. The van der Waals surface area contributed by atoms with Gasteiger partial charge in [0.15, 0.2) is 8.24 Å². The molecule has 0 spiro atoms. The normalized spacial score (nSPS) is 17.6. The maximum Gasteiger partial charge on any atom is 0.412 e. The van der Waals surface area contributed by atoms with Crippen LogP contribution in [0.1, 0.15) is 20.8 Å². The number of alkyl halides is 3. The summed E-state index contributed by atoms with van der Waals surface area (Å²) in [7, 11) is -8.83. The van der Waals surface area contributed by atoms with Crippen LogP contribution in [0.3, 0.4) is 0 Å². The van der Waals surface area contributed by atoms with Gasteiger partial charge in [-0.1, -0.05) is 60.1 Å². The van der Waals surface area contributed by atoms with Crippen LogP contribution in [0.25, 0.3) is 0 Å². The van der Waals surface area contributed by atoms with Crippen molar-refractivity contribution < 1.29 is 17.7 Å². The summed E-state index contributed by atoms with van der Waals surface area (Å²) < 4.78 is 52.9. The number of halogens is 3. The summed E-state index contributed by atoms with van der Waals surface area (Å²) in [5.41, 5.74) is 0. The molecule has 0 heterocycles. The molecule has 10 heteroatoms. The summed E-state index contributed by atoms with van der Waals surface area (Å²) in [4.78, 5) is 0. The van der Waals surface area contributed by atoms with Gasteiger partial charge in [-0.05, 0) is 19.6 Å². The SMILES string of the molecule is CC(C)(C)P(=N[Si](C)(C)C)(OCC(F)(F)F)N([Si](C)(C)C)[Si](C)(C)C.